The molecular weight excluding hydrogens is 432 g/mol. The van der Waals surface area contributed by atoms with Gasteiger partial charge in [0.05, 0.1) is 6.04 Å². The summed E-state index contributed by atoms with van der Waals surface area (Å²) in [4.78, 5) is 26.1. The molecule has 0 aromatic heterocycles. The van der Waals surface area contributed by atoms with Crippen molar-refractivity contribution in [3.05, 3.63) is 70.7 Å². The molecule has 0 saturated carbocycles. The fraction of sp³-hybridized carbons (Fsp3) is 0.417. The van der Waals surface area contributed by atoms with Crippen LogP contribution in [-0.4, -0.2) is 53.6 Å². The number of rotatable bonds is 8. The van der Waals surface area contributed by atoms with Crippen LogP contribution >= 0.6 is 11.6 Å². The molecule has 2 atom stereocenters. The van der Waals surface area contributed by atoms with Gasteiger partial charge in [0, 0.05) is 18.6 Å². The standard InChI is InChI=1S/C24H31ClN2O5/c1-24(2,3)32-22(29)26-20(14-18-11-8-12-19(25)13-18)21(28)16-31-23(30)27(4)15-17-9-6-5-7-10-17/h5-13,20-21,28H,14-16H2,1-4H3,(H,26,29)/t20-,21-/m0/s1. The molecule has 2 aromatic carbocycles. The molecule has 32 heavy (non-hydrogen) atoms. The minimum absolute atomic E-state index is 0.276. The molecule has 2 aromatic rings. The number of amides is 2. The van der Waals surface area contributed by atoms with Crippen LogP contribution in [0.25, 0.3) is 0 Å². The number of carbonyl (C=O) groups excluding carboxylic acids is 2. The number of aliphatic hydroxyl groups excluding tert-OH is 1. The van der Waals surface area contributed by atoms with Crippen molar-refractivity contribution in [3.8, 4) is 0 Å². The molecule has 0 spiro atoms. The highest BCUT2D eigenvalue weighted by molar-refractivity contribution is 6.30. The summed E-state index contributed by atoms with van der Waals surface area (Å²) < 4.78 is 10.6. The first-order chi connectivity index (χ1) is 15.0. The van der Waals surface area contributed by atoms with Crippen LogP contribution in [0, 0.1) is 0 Å². The maximum atomic E-state index is 12.4. The molecule has 2 rings (SSSR count). The van der Waals surface area contributed by atoms with Crippen molar-refractivity contribution < 1.29 is 24.2 Å². The Morgan fingerprint density at radius 3 is 2.38 bits per heavy atom. The number of benzene rings is 2. The molecule has 0 bridgehead atoms. The number of aliphatic hydroxyl groups is 1. The van der Waals surface area contributed by atoms with E-state index in [4.69, 9.17) is 21.1 Å². The van der Waals surface area contributed by atoms with E-state index in [2.05, 4.69) is 5.32 Å². The minimum Gasteiger partial charge on any atom is -0.447 e. The van der Waals surface area contributed by atoms with Gasteiger partial charge in [-0.25, -0.2) is 9.59 Å². The predicted molar refractivity (Wildman–Crippen MR) is 124 cm³/mol. The number of carbonyl (C=O) groups is 2. The van der Waals surface area contributed by atoms with Crippen LogP contribution in [-0.2, 0) is 22.4 Å². The first-order valence-electron chi connectivity index (χ1n) is 10.4. The van der Waals surface area contributed by atoms with Gasteiger partial charge in [-0.05, 0) is 50.5 Å². The Labute approximate surface area is 194 Å². The molecule has 174 valence electrons. The monoisotopic (exact) mass is 462 g/mol. The van der Waals surface area contributed by atoms with Gasteiger partial charge in [0.25, 0.3) is 0 Å². The van der Waals surface area contributed by atoms with E-state index in [1.165, 1.54) is 4.90 Å². The minimum atomic E-state index is -1.16. The van der Waals surface area contributed by atoms with Crippen molar-refractivity contribution in [1.82, 2.24) is 10.2 Å². The number of nitrogens with one attached hydrogen (secondary N) is 1. The van der Waals surface area contributed by atoms with Crippen molar-refractivity contribution in [1.29, 1.82) is 0 Å². The Balaban J connectivity index is 2.00. The van der Waals surface area contributed by atoms with Gasteiger partial charge in [-0.1, -0.05) is 54.1 Å². The molecule has 7 nitrogen and oxygen atoms in total. The van der Waals surface area contributed by atoms with Gasteiger partial charge in [0.2, 0.25) is 0 Å². The molecule has 0 aliphatic heterocycles. The number of nitrogens with zero attached hydrogens (tertiary/aromatic N) is 1. The smallest absolute Gasteiger partial charge is 0.409 e. The van der Waals surface area contributed by atoms with Crippen molar-refractivity contribution in [2.75, 3.05) is 13.7 Å². The Kier molecular flexibility index (Phi) is 9.35. The molecule has 0 heterocycles. The van der Waals surface area contributed by atoms with E-state index in [-0.39, 0.29) is 13.0 Å². The zero-order valence-corrected chi connectivity index (χ0v) is 19.6. The third kappa shape index (κ3) is 9.16. The molecule has 0 aliphatic rings. The molecule has 0 radical (unpaired) electrons. The second kappa shape index (κ2) is 11.7. The fourth-order valence-corrected chi connectivity index (χ4v) is 3.18. The Morgan fingerprint density at radius 2 is 1.75 bits per heavy atom. The van der Waals surface area contributed by atoms with Crippen LogP contribution in [0.15, 0.2) is 54.6 Å². The average Bonchev–Trinajstić information content (AvgIpc) is 2.70. The van der Waals surface area contributed by atoms with Crippen molar-refractivity contribution in [3.63, 3.8) is 0 Å². The Bertz CT molecular complexity index is 885. The summed E-state index contributed by atoms with van der Waals surface area (Å²) in [6.07, 6.45) is -2.13. The average molecular weight is 463 g/mol. The van der Waals surface area contributed by atoms with Gasteiger partial charge in [0.1, 0.15) is 18.3 Å². The Morgan fingerprint density at radius 1 is 1.09 bits per heavy atom. The van der Waals surface area contributed by atoms with E-state index in [1.54, 1.807) is 46.0 Å². The summed E-state index contributed by atoms with van der Waals surface area (Å²) in [7, 11) is 1.62. The zero-order chi connectivity index (χ0) is 23.7. The fourth-order valence-electron chi connectivity index (χ4n) is 2.96. The topological polar surface area (TPSA) is 88.1 Å². The highest BCUT2D eigenvalue weighted by atomic mass is 35.5. The van der Waals surface area contributed by atoms with Crippen LogP contribution in [0.2, 0.25) is 5.02 Å². The quantitative estimate of drug-likeness (QED) is 0.606. The first kappa shape index (κ1) is 25.5. The largest absolute Gasteiger partial charge is 0.447 e. The van der Waals surface area contributed by atoms with Crippen LogP contribution in [0.4, 0.5) is 9.59 Å². The van der Waals surface area contributed by atoms with Gasteiger partial charge in [-0.15, -0.1) is 0 Å². The SMILES string of the molecule is CN(Cc1ccccc1)C(=O)OC[C@H](O)[C@H](Cc1cccc(Cl)c1)NC(=O)OC(C)(C)C. The van der Waals surface area contributed by atoms with E-state index in [1.807, 2.05) is 36.4 Å². The summed E-state index contributed by atoms with van der Waals surface area (Å²) >= 11 is 6.06. The summed E-state index contributed by atoms with van der Waals surface area (Å²) in [6.45, 7) is 5.33. The summed E-state index contributed by atoms with van der Waals surface area (Å²) in [6, 6.07) is 15.8. The lowest BCUT2D eigenvalue weighted by Crippen LogP contribution is -2.48. The van der Waals surface area contributed by atoms with Gasteiger partial charge < -0.3 is 24.8 Å². The normalized spacial score (nSPS) is 13.1. The molecule has 2 amide bonds. The molecule has 0 unspecified atom stereocenters. The number of halogens is 1. The van der Waals surface area contributed by atoms with E-state index in [0.29, 0.717) is 11.6 Å². The van der Waals surface area contributed by atoms with Gasteiger partial charge in [0.15, 0.2) is 0 Å². The number of ether oxygens (including phenoxy) is 2. The van der Waals surface area contributed by atoms with Crippen LogP contribution < -0.4 is 5.32 Å². The molecule has 8 heteroatoms. The van der Waals surface area contributed by atoms with Crippen molar-refractivity contribution in [2.24, 2.45) is 0 Å². The molecule has 0 aliphatic carbocycles. The number of alkyl carbamates (subject to hydrolysis) is 1. The molecule has 0 fully saturated rings. The van der Waals surface area contributed by atoms with Crippen LogP contribution in [0.1, 0.15) is 31.9 Å². The molecule has 2 N–H and O–H groups in total. The Hall–Kier alpha value is -2.77. The van der Waals surface area contributed by atoms with E-state index < -0.39 is 29.9 Å². The maximum Gasteiger partial charge on any atom is 0.409 e. The van der Waals surface area contributed by atoms with Crippen LogP contribution in [0.5, 0.6) is 0 Å². The first-order valence-corrected chi connectivity index (χ1v) is 10.7. The van der Waals surface area contributed by atoms with E-state index >= 15 is 0 Å². The second-order valence-electron chi connectivity index (χ2n) is 8.57. The van der Waals surface area contributed by atoms with Gasteiger partial charge in [-0.3, -0.25) is 0 Å². The summed E-state index contributed by atoms with van der Waals surface area (Å²) in [5.74, 6) is 0. The van der Waals surface area contributed by atoms with E-state index in [0.717, 1.165) is 11.1 Å². The number of hydrogen-bond donors (Lipinski definition) is 2. The van der Waals surface area contributed by atoms with Gasteiger partial charge >= 0.3 is 12.2 Å². The van der Waals surface area contributed by atoms with Gasteiger partial charge in [-0.2, -0.15) is 0 Å². The van der Waals surface area contributed by atoms with E-state index in [9.17, 15) is 14.7 Å². The van der Waals surface area contributed by atoms with Crippen molar-refractivity contribution >= 4 is 23.8 Å². The summed E-state index contributed by atoms with van der Waals surface area (Å²) in [5.41, 5.74) is 1.07. The highest BCUT2D eigenvalue weighted by Gasteiger charge is 2.26. The second-order valence-corrected chi connectivity index (χ2v) is 9.01. The lowest BCUT2D eigenvalue weighted by atomic mass is 10.0. The maximum absolute atomic E-state index is 12.4. The lowest BCUT2D eigenvalue weighted by Gasteiger charge is -2.27. The predicted octanol–water partition coefficient (Wildman–Crippen LogP) is 4.41. The number of hydrogen-bond acceptors (Lipinski definition) is 5. The molecular formula is C24H31ClN2O5. The highest BCUT2D eigenvalue weighted by Crippen LogP contribution is 2.15. The third-order valence-electron chi connectivity index (χ3n) is 4.46. The van der Waals surface area contributed by atoms with Crippen LogP contribution in [0.3, 0.4) is 0 Å². The zero-order valence-electron chi connectivity index (χ0n) is 18.9. The summed E-state index contributed by atoms with van der Waals surface area (Å²) in [5, 5.41) is 13.9. The molecule has 0 saturated heterocycles. The third-order valence-corrected chi connectivity index (χ3v) is 4.70. The van der Waals surface area contributed by atoms with Crippen molar-refractivity contribution in [2.45, 2.75) is 51.5 Å². The lowest BCUT2D eigenvalue weighted by molar-refractivity contribution is 0.0205.